The zero-order valence-corrected chi connectivity index (χ0v) is 18.7. The van der Waals surface area contributed by atoms with E-state index in [-0.39, 0.29) is 30.9 Å². The number of nitrogens with one attached hydrogen (secondary N) is 2. The molecule has 2 amide bonds. The summed E-state index contributed by atoms with van der Waals surface area (Å²) in [5.41, 5.74) is 1.68. The van der Waals surface area contributed by atoms with Gasteiger partial charge in [0.05, 0.1) is 11.7 Å². The standard InChI is InChI=1S/C22H29N3O5S/c1-13(2)10-16-12-31-22(24-16)18(8-9-20(28)29)25-21(30)19(23-14(3)26)11-15-4-6-17(27)7-5-15/h4-7,12-13,18-19,27H,8-11H2,1-3H3,(H,23,26)(H,25,30)(H,28,29). The molecule has 0 spiro atoms. The number of thiazole rings is 1. The van der Waals surface area contributed by atoms with Gasteiger partial charge in [-0.2, -0.15) is 0 Å². The number of hydrogen-bond acceptors (Lipinski definition) is 6. The average molecular weight is 448 g/mol. The molecule has 2 rings (SSSR count). The SMILES string of the molecule is CC(=O)NC(Cc1ccc(O)cc1)C(=O)NC(CCC(=O)O)c1nc(CC(C)C)cs1. The second kappa shape index (κ2) is 11.5. The Labute approximate surface area is 185 Å². The third-order valence-corrected chi connectivity index (χ3v) is 5.53. The van der Waals surface area contributed by atoms with Gasteiger partial charge in [-0.25, -0.2) is 4.98 Å². The Balaban J connectivity index is 2.18. The Bertz CT molecular complexity index is 895. The zero-order chi connectivity index (χ0) is 23.0. The van der Waals surface area contributed by atoms with E-state index < -0.39 is 24.0 Å². The number of phenols is 1. The summed E-state index contributed by atoms with van der Waals surface area (Å²) in [7, 11) is 0. The minimum absolute atomic E-state index is 0.110. The molecule has 0 saturated carbocycles. The number of nitrogens with zero attached hydrogens (tertiary/aromatic N) is 1. The number of rotatable bonds is 11. The molecule has 0 aliphatic rings. The summed E-state index contributed by atoms with van der Waals surface area (Å²) in [4.78, 5) is 40.4. The highest BCUT2D eigenvalue weighted by molar-refractivity contribution is 7.09. The number of amides is 2. The summed E-state index contributed by atoms with van der Waals surface area (Å²) in [5.74, 6) is -1.19. The second-order valence-electron chi connectivity index (χ2n) is 7.89. The van der Waals surface area contributed by atoms with Gasteiger partial charge in [0.15, 0.2) is 0 Å². The number of aromatic hydroxyl groups is 1. The number of carbonyl (C=O) groups is 3. The van der Waals surface area contributed by atoms with Crippen molar-refractivity contribution in [2.24, 2.45) is 5.92 Å². The van der Waals surface area contributed by atoms with Crippen LogP contribution in [0.4, 0.5) is 0 Å². The van der Waals surface area contributed by atoms with E-state index >= 15 is 0 Å². The van der Waals surface area contributed by atoms with Crippen molar-refractivity contribution >= 4 is 29.1 Å². The van der Waals surface area contributed by atoms with Crippen molar-refractivity contribution in [1.29, 1.82) is 0 Å². The van der Waals surface area contributed by atoms with Gasteiger partial charge in [-0.05, 0) is 36.5 Å². The first-order valence-electron chi connectivity index (χ1n) is 10.2. The van der Waals surface area contributed by atoms with Crippen LogP contribution in [0.3, 0.4) is 0 Å². The first-order valence-corrected chi connectivity index (χ1v) is 11.0. The molecule has 0 radical (unpaired) electrons. The number of aliphatic carboxylic acids is 1. The first kappa shape index (κ1) is 24.3. The smallest absolute Gasteiger partial charge is 0.303 e. The molecular formula is C22H29N3O5S. The Morgan fingerprint density at radius 1 is 1.10 bits per heavy atom. The van der Waals surface area contributed by atoms with E-state index in [9.17, 15) is 19.5 Å². The van der Waals surface area contributed by atoms with Crippen molar-refractivity contribution in [2.45, 2.75) is 58.5 Å². The minimum atomic E-state index is -0.958. The summed E-state index contributed by atoms with van der Waals surface area (Å²) in [5, 5.41) is 26.7. The molecule has 2 unspecified atom stereocenters. The van der Waals surface area contributed by atoms with Crippen molar-refractivity contribution in [1.82, 2.24) is 15.6 Å². The lowest BCUT2D eigenvalue weighted by molar-refractivity contribution is -0.137. The molecule has 0 bridgehead atoms. The van der Waals surface area contributed by atoms with Crippen molar-refractivity contribution in [3.8, 4) is 5.75 Å². The summed E-state index contributed by atoms with van der Waals surface area (Å²) in [6.07, 6.45) is 1.10. The molecule has 2 atom stereocenters. The van der Waals surface area contributed by atoms with E-state index in [2.05, 4.69) is 29.5 Å². The van der Waals surface area contributed by atoms with Crippen LogP contribution in [0.2, 0.25) is 0 Å². The summed E-state index contributed by atoms with van der Waals surface area (Å²) < 4.78 is 0. The van der Waals surface area contributed by atoms with Crippen LogP contribution in [-0.2, 0) is 27.2 Å². The molecule has 1 aromatic heterocycles. The van der Waals surface area contributed by atoms with E-state index in [4.69, 9.17) is 5.11 Å². The molecule has 31 heavy (non-hydrogen) atoms. The summed E-state index contributed by atoms with van der Waals surface area (Å²) in [6.45, 7) is 5.51. The van der Waals surface area contributed by atoms with Crippen molar-refractivity contribution in [3.05, 3.63) is 45.9 Å². The summed E-state index contributed by atoms with van der Waals surface area (Å²) >= 11 is 1.39. The van der Waals surface area contributed by atoms with Gasteiger partial charge < -0.3 is 20.8 Å². The number of aromatic nitrogens is 1. The maximum atomic E-state index is 13.0. The van der Waals surface area contributed by atoms with Crippen LogP contribution in [0.15, 0.2) is 29.6 Å². The quantitative estimate of drug-likeness (QED) is 0.419. The second-order valence-corrected chi connectivity index (χ2v) is 8.78. The molecule has 0 saturated heterocycles. The largest absolute Gasteiger partial charge is 0.508 e. The van der Waals surface area contributed by atoms with Gasteiger partial charge in [0, 0.05) is 25.1 Å². The normalized spacial score (nSPS) is 12.9. The summed E-state index contributed by atoms with van der Waals surface area (Å²) in [6, 6.07) is 4.98. The zero-order valence-electron chi connectivity index (χ0n) is 17.9. The Hall–Kier alpha value is -2.94. The lowest BCUT2D eigenvalue weighted by Gasteiger charge is -2.22. The number of carboxylic acid groups (broad SMARTS) is 1. The predicted molar refractivity (Wildman–Crippen MR) is 118 cm³/mol. The maximum Gasteiger partial charge on any atom is 0.303 e. The van der Waals surface area contributed by atoms with Crippen LogP contribution in [0, 0.1) is 5.92 Å². The fourth-order valence-corrected chi connectivity index (χ4v) is 4.03. The first-order chi connectivity index (χ1) is 14.6. The molecule has 1 heterocycles. The van der Waals surface area contributed by atoms with E-state index in [0.29, 0.717) is 10.9 Å². The fourth-order valence-electron chi connectivity index (χ4n) is 3.11. The van der Waals surface area contributed by atoms with E-state index in [1.165, 1.54) is 30.4 Å². The van der Waals surface area contributed by atoms with Crippen molar-refractivity contribution < 1.29 is 24.6 Å². The molecule has 0 aliphatic carbocycles. The number of carboxylic acids is 1. The van der Waals surface area contributed by atoms with E-state index in [1.807, 2.05) is 5.38 Å². The molecule has 9 heteroatoms. The minimum Gasteiger partial charge on any atom is -0.508 e. The molecule has 1 aromatic carbocycles. The molecule has 4 N–H and O–H groups in total. The molecule has 0 aliphatic heterocycles. The molecule has 168 valence electrons. The highest BCUT2D eigenvalue weighted by atomic mass is 32.1. The number of carbonyl (C=O) groups excluding carboxylic acids is 2. The van der Waals surface area contributed by atoms with Gasteiger partial charge in [0.25, 0.3) is 0 Å². The van der Waals surface area contributed by atoms with Crippen LogP contribution in [0.1, 0.15) is 55.9 Å². The molecular weight excluding hydrogens is 418 g/mol. The Kier molecular flexibility index (Phi) is 8.99. The molecule has 0 fully saturated rings. The van der Waals surface area contributed by atoms with Gasteiger partial charge in [0.2, 0.25) is 11.8 Å². The van der Waals surface area contributed by atoms with Gasteiger partial charge >= 0.3 is 5.97 Å². The third kappa shape index (κ3) is 8.37. The van der Waals surface area contributed by atoms with Crippen LogP contribution in [0.25, 0.3) is 0 Å². The van der Waals surface area contributed by atoms with Gasteiger partial charge in [-0.15, -0.1) is 11.3 Å². The Morgan fingerprint density at radius 3 is 2.35 bits per heavy atom. The Morgan fingerprint density at radius 2 is 1.77 bits per heavy atom. The van der Waals surface area contributed by atoms with Gasteiger partial charge in [-0.1, -0.05) is 26.0 Å². The van der Waals surface area contributed by atoms with E-state index in [1.54, 1.807) is 12.1 Å². The fraction of sp³-hybridized carbons (Fsp3) is 0.455. The van der Waals surface area contributed by atoms with Crippen molar-refractivity contribution in [2.75, 3.05) is 0 Å². The third-order valence-electron chi connectivity index (χ3n) is 4.52. The van der Waals surface area contributed by atoms with Gasteiger partial charge in [-0.3, -0.25) is 14.4 Å². The predicted octanol–water partition coefficient (Wildman–Crippen LogP) is 2.82. The highest BCUT2D eigenvalue weighted by Crippen LogP contribution is 2.24. The highest BCUT2D eigenvalue weighted by Gasteiger charge is 2.25. The van der Waals surface area contributed by atoms with Crippen LogP contribution >= 0.6 is 11.3 Å². The molecule has 2 aromatic rings. The van der Waals surface area contributed by atoms with Crippen LogP contribution < -0.4 is 10.6 Å². The van der Waals surface area contributed by atoms with Crippen molar-refractivity contribution in [3.63, 3.8) is 0 Å². The average Bonchev–Trinajstić information content (AvgIpc) is 3.13. The number of phenolic OH excluding ortho intramolecular Hbond substituents is 1. The van der Waals surface area contributed by atoms with Gasteiger partial charge in [0.1, 0.15) is 16.8 Å². The lowest BCUT2D eigenvalue weighted by Crippen LogP contribution is -2.48. The van der Waals surface area contributed by atoms with Crippen LogP contribution in [0.5, 0.6) is 5.75 Å². The lowest BCUT2D eigenvalue weighted by atomic mass is 10.0. The number of hydrogen-bond donors (Lipinski definition) is 4. The topological polar surface area (TPSA) is 129 Å². The number of benzene rings is 1. The van der Waals surface area contributed by atoms with E-state index in [0.717, 1.165) is 17.7 Å². The maximum absolute atomic E-state index is 13.0. The molecule has 8 nitrogen and oxygen atoms in total. The van der Waals surface area contributed by atoms with Crippen LogP contribution in [-0.4, -0.2) is 39.0 Å². The monoisotopic (exact) mass is 447 g/mol.